The second kappa shape index (κ2) is 8.11. The Morgan fingerprint density at radius 2 is 1.87 bits per heavy atom. The maximum Gasteiger partial charge on any atom is 0.161 e. The van der Waals surface area contributed by atoms with Gasteiger partial charge in [0.2, 0.25) is 0 Å². The van der Waals surface area contributed by atoms with Gasteiger partial charge in [-0.2, -0.15) is 0 Å². The molecule has 0 bridgehead atoms. The van der Waals surface area contributed by atoms with Crippen LogP contribution >= 0.6 is 0 Å². The molecule has 30 heavy (non-hydrogen) atoms. The van der Waals surface area contributed by atoms with Crippen molar-refractivity contribution in [3.05, 3.63) is 77.1 Å². The Bertz CT molecular complexity index is 1060. The molecule has 2 aliphatic rings. The predicted octanol–water partition coefficient (Wildman–Crippen LogP) is 5.47. The molecule has 1 aromatic heterocycles. The van der Waals surface area contributed by atoms with Gasteiger partial charge in [-0.05, 0) is 73.7 Å². The zero-order chi connectivity index (χ0) is 20.5. The third-order valence-electron chi connectivity index (χ3n) is 6.35. The van der Waals surface area contributed by atoms with Crippen LogP contribution in [0.25, 0.3) is 11.1 Å². The Morgan fingerprint density at radius 3 is 2.70 bits per heavy atom. The highest BCUT2D eigenvalue weighted by molar-refractivity contribution is 5.66. The Kier molecular flexibility index (Phi) is 5.17. The van der Waals surface area contributed by atoms with Crippen LogP contribution in [0.4, 0.5) is 0 Å². The van der Waals surface area contributed by atoms with Crippen LogP contribution in [0, 0.1) is 13.8 Å². The van der Waals surface area contributed by atoms with Crippen LogP contribution in [0.15, 0.2) is 54.7 Å². The first-order chi connectivity index (χ1) is 14.7. The van der Waals surface area contributed by atoms with Gasteiger partial charge in [-0.25, -0.2) is 0 Å². The molecule has 0 unspecified atom stereocenters. The van der Waals surface area contributed by atoms with Crippen molar-refractivity contribution in [1.82, 2.24) is 9.88 Å². The largest absolute Gasteiger partial charge is 0.486 e. The average Bonchev–Trinajstić information content (AvgIpc) is 3.23. The van der Waals surface area contributed by atoms with E-state index in [1.807, 2.05) is 12.3 Å². The van der Waals surface area contributed by atoms with Crippen molar-refractivity contribution < 1.29 is 9.47 Å². The molecule has 1 atom stereocenters. The van der Waals surface area contributed by atoms with E-state index in [9.17, 15) is 0 Å². The summed E-state index contributed by atoms with van der Waals surface area (Å²) in [4.78, 5) is 7.04. The molecule has 0 saturated carbocycles. The Morgan fingerprint density at radius 1 is 1.00 bits per heavy atom. The number of nitrogens with zero attached hydrogens (tertiary/aromatic N) is 2. The molecule has 0 spiro atoms. The van der Waals surface area contributed by atoms with Crippen LogP contribution in [0.1, 0.15) is 41.3 Å². The zero-order valence-corrected chi connectivity index (χ0v) is 17.7. The van der Waals surface area contributed by atoms with Crippen LogP contribution in [0.3, 0.4) is 0 Å². The summed E-state index contributed by atoms with van der Waals surface area (Å²) in [5.41, 5.74) is 7.59. The number of hydrogen-bond donors (Lipinski definition) is 0. The molecular weight excluding hydrogens is 372 g/mol. The van der Waals surface area contributed by atoms with E-state index in [0.29, 0.717) is 19.3 Å². The van der Waals surface area contributed by atoms with Gasteiger partial charge in [0.25, 0.3) is 0 Å². The summed E-state index contributed by atoms with van der Waals surface area (Å²) in [5.74, 6) is 1.75. The quantitative estimate of drug-likeness (QED) is 0.581. The maximum atomic E-state index is 5.81. The van der Waals surface area contributed by atoms with Crippen LogP contribution in [0.2, 0.25) is 0 Å². The molecular formula is C26H28N2O2. The summed E-state index contributed by atoms with van der Waals surface area (Å²) < 4.78 is 11.5. The summed E-state index contributed by atoms with van der Waals surface area (Å²) in [7, 11) is 0. The number of aryl methyl sites for hydroxylation is 2. The molecule has 2 aromatic carbocycles. The van der Waals surface area contributed by atoms with Crippen molar-refractivity contribution in [2.24, 2.45) is 0 Å². The Hall–Kier alpha value is -2.85. The van der Waals surface area contributed by atoms with E-state index in [-0.39, 0.29) is 0 Å². The van der Waals surface area contributed by atoms with Crippen molar-refractivity contribution >= 4 is 0 Å². The van der Waals surface area contributed by atoms with E-state index in [1.54, 1.807) is 0 Å². The van der Waals surface area contributed by atoms with Crippen molar-refractivity contribution in [3.8, 4) is 22.6 Å². The zero-order valence-electron chi connectivity index (χ0n) is 17.7. The first-order valence-corrected chi connectivity index (χ1v) is 10.8. The fourth-order valence-corrected chi connectivity index (χ4v) is 4.71. The summed E-state index contributed by atoms with van der Waals surface area (Å²) in [6, 6.07) is 17.9. The highest BCUT2D eigenvalue weighted by Crippen LogP contribution is 2.39. The number of rotatable bonds is 4. The number of aromatic nitrogens is 1. The Labute approximate surface area is 178 Å². The van der Waals surface area contributed by atoms with Crippen molar-refractivity contribution in [2.45, 2.75) is 39.3 Å². The highest BCUT2D eigenvalue weighted by atomic mass is 16.6. The van der Waals surface area contributed by atoms with Crippen molar-refractivity contribution in [3.63, 3.8) is 0 Å². The molecule has 0 radical (unpaired) electrons. The smallest absolute Gasteiger partial charge is 0.161 e. The first kappa shape index (κ1) is 19.1. The molecule has 4 heteroatoms. The lowest BCUT2D eigenvalue weighted by Gasteiger charge is -2.27. The number of likely N-dealkylation sites (tertiary alicyclic amines) is 1. The van der Waals surface area contributed by atoms with E-state index in [0.717, 1.165) is 30.3 Å². The molecule has 3 aromatic rings. The summed E-state index contributed by atoms with van der Waals surface area (Å²) in [5, 5.41) is 0. The average molecular weight is 401 g/mol. The number of pyridine rings is 1. The van der Waals surface area contributed by atoms with Crippen LogP contribution in [-0.2, 0) is 6.54 Å². The minimum atomic E-state index is 0.431. The van der Waals surface area contributed by atoms with Crippen molar-refractivity contribution in [2.75, 3.05) is 19.8 Å². The SMILES string of the molecule is Cc1cc(-c2cccnc2C)ccc1CN1CCC[C@H]1c1ccc2c(c1)OCCO2. The van der Waals surface area contributed by atoms with E-state index in [2.05, 4.69) is 66.2 Å². The first-order valence-electron chi connectivity index (χ1n) is 10.8. The van der Waals surface area contributed by atoms with E-state index in [1.165, 1.54) is 40.7 Å². The Balaban J connectivity index is 1.37. The van der Waals surface area contributed by atoms with E-state index < -0.39 is 0 Å². The standard InChI is InChI=1S/C26H28N2O2/c1-18-15-20(23-5-3-11-27-19(23)2)7-8-22(18)17-28-12-4-6-24(28)21-9-10-25-26(16-21)30-14-13-29-25/h3,5,7-11,15-16,24H,4,6,12-14,17H2,1-2H3/t24-/m0/s1. The fraction of sp³-hybridized carbons (Fsp3) is 0.346. The predicted molar refractivity (Wildman–Crippen MR) is 119 cm³/mol. The molecule has 0 aliphatic carbocycles. The summed E-state index contributed by atoms with van der Waals surface area (Å²) >= 11 is 0. The summed E-state index contributed by atoms with van der Waals surface area (Å²) in [6.45, 7) is 7.65. The maximum absolute atomic E-state index is 5.81. The molecule has 3 heterocycles. The van der Waals surface area contributed by atoms with Gasteiger partial charge in [-0.15, -0.1) is 0 Å². The molecule has 154 valence electrons. The number of hydrogen-bond acceptors (Lipinski definition) is 4. The van der Waals surface area contributed by atoms with Gasteiger partial charge in [-0.3, -0.25) is 9.88 Å². The second-order valence-electron chi connectivity index (χ2n) is 8.31. The second-order valence-corrected chi connectivity index (χ2v) is 8.31. The highest BCUT2D eigenvalue weighted by Gasteiger charge is 2.27. The van der Waals surface area contributed by atoms with Gasteiger partial charge in [0, 0.05) is 30.0 Å². The minimum absolute atomic E-state index is 0.431. The lowest BCUT2D eigenvalue weighted by Crippen LogP contribution is -2.23. The molecule has 4 nitrogen and oxygen atoms in total. The van der Waals surface area contributed by atoms with Crippen LogP contribution in [-0.4, -0.2) is 29.6 Å². The number of fused-ring (bicyclic) bond motifs is 1. The normalized spacial score (nSPS) is 18.5. The number of benzene rings is 2. The van der Waals surface area contributed by atoms with Crippen LogP contribution < -0.4 is 9.47 Å². The topological polar surface area (TPSA) is 34.6 Å². The monoisotopic (exact) mass is 400 g/mol. The lowest BCUT2D eigenvalue weighted by molar-refractivity contribution is 0.170. The molecule has 0 N–H and O–H groups in total. The number of ether oxygens (including phenoxy) is 2. The minimum Gasteiger partial charge on any atom is -0.486 e. The molecule has 5 rings (SSSR count). The van der Waals surface area contributed by atoms with Gasteiger partial charge >= 0.3 is 0 Å². The van der Waals surface area contributed by atoms with Gasteiger partial charge in [-0.1, -0.05) is 30.3 Å². The van der Waals surface area contributed by atoms with Gasteiger partial charge in [0.15, 0.2) is 11.5 Å². The fourth-order valence-electron chi connectivity index (χ4n) is 4.71. The molecule has 0 amide bonds. The molecule has 2 aliphatic heterocycles. The van der Waals surface area contributed by atoms with Crippen LogP contribution in [0.5, 0.6) is 11.5 Å². The summed E-state index contributed by atoms with van der Waals surface area (Å²) in [6.07, 6.45) is 4.27. The van der Waals surface area contributed by atoms with Gasteiger partial charge in [0.05, 0.1) is 0 Å². The molecule has 1 fully saturated rings. The van der Waals surface area contributed by atoms with E-state index in [4.69, 9.17) is 9.47 Å². The third-order valence-corrected chi connectivity index (χ3v) is 6.35. The van der Waals surface area contributed by atoms with Gasteiger partial charge < -0.3 is 9.47 Å². The van der Waals surface area contributed by atoms with E-state index >= 15 is 0 Å². The molecule has 1 saturated heterocycles. The van der Waals surface area contributed by atoms with Gasteiger partial charge in [0.1, 0.15) is 13.2 Å². The lowest BCUT2D eigenvalue weighted by atomic mass is 9.98. The third kappa shape index (κ3) is 3.68. The van der Waals surface area contributed by atoms with Crippen molar-refractivity contribution in [1.29, 1.82) is 0 Å².